The fourth-order valence-electron chi connectivity index (χ4n) is 5.57. The molecular formula is C27H19FN4O5. The van der Waals surface area contributed by atoms with E-state index in [1.807, 2.05) is 30.3 Å². The third-order valence-electron chi connectivity index (χ3n) is 7.12. The second kappa shape index (κ2) is 8.37. The maximum atomic E-state index is 14.6. The quantitative estimate of drug-likeness (QED) is 0.333. The summed E-state index contributed by atoms with van der Waals surface area (Å²) >= 11 is 0. The van der Waals surface area contributed by atoms with Gasteiger partial charge in [0.25, 0.3) is 5.69 Å². The first-order chi connectivity index (χ1) is 17.9. The van der Waals surface area contributed by atoms with E-state index in [1.54, 1.807) is 11.0 Å². The minimum Gasteiger partial charge on any atom is -0.351 e. The van der Waals surface area contributed by atoms with E-state index in [0.29, 0.717) is 11.4 Å². The predicted molar refractivity (Wildman–Crippen MR) is 133 cm³/mol. The van der Waals surface area contributed by atoms with Gasteiger partial charge in [-0.3, -0.25) is 24.5 Å². The van der Waals surface area contributed by atoms with E-state index in [1.165, 1.54) is 48.5 Å². The summed E-state index contributed by atoms with van der Waals surface area (Å²) in [5.74, 6) is -4.44. The van der Waals surface area contributed by atoms with Crippen LogP contribution in [0.1, 0.15) is 5.56 Å². The van der Waals surface area contributed by atoms with Gasteiger partial charge in [-0.05, 0) is 35.9 Å². The first-order valence-electron chi connectivity index (χ1n) is 11.6. The van der Waals surface area contributed by atoms with Crippen LogP contribution in [0.3, 0.4) is 0 Å². The van der Waals surface area contributed by atoms with Crippen LogP contribution in [-0.4, -0.2) is 34.7 Å². The number of halogens is 1. The normalized spacial score (nSPS) is 23.5. The summed E-state index contributed by atoms with van der Waals surface area (Å²) in [6.07, 6.45) is 3.66. The Hall–Kier alpha value is -4.86. The molecule has 3 heterocycles. The number of benzene rings is 3. The van der Waals surface area contributed by atoms with Crippen molar-refractivity contribution in [3.8, 4) is 0 Å². The molecule has 6 rings (SSSR count). The summed E-state index contributed by atoms with van der Waals surface area (Å²) in [4.78, 5) is 54.2. The zero-order chi connectivity index (χ0) is 25.8. The molecule has 0 radical (unpaired) electrons. The first kappa shape index (κ1) is 22.6. The molecule has 3 aliphatic heterocycles. The molecule has 3 aromatic carbocycles. The van der Waals surface area contributed by atoms with Gasteiger partial charge in [0.1, 0.15) is 11.9 Å². The van der Waals surface area contributed by atoms with E-state index >= 15 is 0 Å². The predicted octanol–water partition coefficient (Wildman–Crippen LogP) is 3.76. The lowest BCUT2D eigenvalue weighted by atomic mass is 9.88. The van der Waals surface area contributed by atoms with E-state index in [9.17, 15) is 28.9 Å². The van der Waals surface area contributed by atoms with Gasteiger partial charge < -0.3 is 10.2 Å². The molecule has 3 amide bonds. The van der Waals surface area contributed by atoms with Gasteiger partial charge in [-0.25, -0.2) is 9.29 Å². The average Bonchev–Trinajstić information content (AvgIpc) is 3.37. The molecule has 9 nitrogen and oxygen atoms in total. The first-order valence-corrected chi connectivity index (χ1v) is 11.6. The average molecular weight is 498 g/mol. The van der Waals surface area contributed by atoms with Crippen LogP contribution in [0.2, 0.25) is 0 Å². The highest BCUT2D eigenvalue weighted by molar-refractivity contribution is 6.25. The molecule has 4 atom stereocenters. The second-order valence-corrected chi connectivity index (χ2v) is 9.07. The number of fused-ring (bicyclic) bond motifs is 5. The van der Waals surface area contributed by atoms with E-state index < -0.39 is 52.4 Å². The fourth-order valence-corrected chi connectivity index (χ4v) is 5.57. The Balaban J connectivity index is 1.42. The number of nitro benzene ring substituents is 1. The van der Waals surface area contributed by atoms with E-state index in [2.05, 4.69) is 5.32 Å². The second-order valence-electron chi connectivity index (χ2n) is 9.07. The van der Waals surface area contributed by atoms with Gasteiger partial charge in [-0.1, -0.05) is 42.5 Å². The van der Waals surface area contributed by atoms with Crippen LogP contribution in [0, 0.1) is 27.8 Å². The van der Waals surface area contributed by atoms with Crippen LogP contribution in [0.5, 0.6) is 0 Å². The lowest BCUT2D eigenvalue weighted by Crippen LogP contribution is -2.50. The molecule has 2 saturated heterocycles. The Morgan fingerprint density at radius 3 is 2.24 bits per heavy atom. The van der Waals surface area contributed by atoms with Crippen molar-refractivity contribution in [3.63, 3.8) is 0 Å². The number of rotatable bonds is 4. The molecule has 184 valence electrons. The third kappa shape index (κ3) is 3.40. The zero-order valence-electron chi connectivity index (χ0n) is 19.2. The molecule has 3 aromatic rings. The molecule has 2 fully saturated rings. The summed E-state index contributed by atoms with van der Waals surface area (Å²) in [6.45, 7) is 0. The van der Waals surface area contributed by atoms with Gasteiger partial charge in [0.05, 0.1) is 28.5 Å². The molecule has 0 aliphatic carbocycles. The van der Waals surface area contributed by atoms with E-state index in [-0.39, 0.29) is 11.4 Å². The van der Waals surface area contributed by atoms with Crippen LogP contribution in [0.25, 0.3) is 6.08 Å². The molecule has 3 aliphatic rings. The lowest BCUT2D eigenvalue weighted by molar-refractivity contribution is -0.384. The molecule has 0 saturated carbocycles. The van der Waals surface area contributed by atoms with Gasteiger partial charge in [0.15, 0.2) is 0 Å². The lowest BCUT2D eigenvalue weighted by Gasteiger charge is -2.36. The summed E-state index contributed by atoms with van der Waals surface area (Å²) in [6, 6.07) is 16.5. The number of non-ortho nitro benzene ring substituents is 1. The smallest absolute Gasteiger partial charge is 0.269 e. The summed E-state index contributed by atoms with van der Waals surface area (Å²) in [7, 11) is 0. The Morgan fingerprint density at radius 2 is 1.54 bits per heavy atom. The van der Waals surface area contributed by atoms with Gasteiger partial charge in [0.2, 0.25) is 17.7 Å². The van der Waals surface area contributed by atoms with Crippen LogP contribution < -0.4 is 15.1 Å². The molecule has 0 unspecified atom stereocenters. The van der Waals surface area contributed by atoms with Crippen LogP contribution in [0.4, 0.5) is 27.1 Å². The Morgan fingerprint density at radius 1 is 0.892 bits per heavy atom. The zero-order valence-corrected chi connectivity index (χ0v) is 19.2. The third-order valence-corrected chi connectivity index (χ3v) is 7.12. The standard InChI is InChI=1S/C27H19FN4O5/c28-18-6-2-4-8-20(18)31-26(34)22-21-14-9-15-5-1-3-7-19(15)30(21)24(23(22)27(31)35)25(33)29-16-10-12-17(13-11-16)32(36)37/h1-14,21-24H,(H,29,33)/t21-,22-,23+,24+/m1/s1. The highest BCUT2D eigenvalue weighted by Gasteiger charge is 2.64. The van der Waals surface area contributed by atoms with Crippen molar-refractivity contribution >= 4 is 46.5 Å². The van der Waals surface area contributed by atoms with Crippen LogP contribution >= 0.6 is 0 Å². The van der Waals surface area contributed by atoms with Gasteiger partial charge in [0, 0.05) is 23.5 Å². The number of hydrogen-bond acceptors (Lipinski definition) is 6. The Kier molecular flexibility index (Phi) is 5.11. The summed E-state index contributed by atoms with van der Waals surface area (Å²) in [5.41, 5.74) is 1.56. The molecule has 10 heteroatoms. The summed E-state index contributed by atoms with van der Waals surface area (Å²) in [5, 5.41) is 13.7. The van der Waals surface area contributed by atoms with Gasteiger partial charge in [-0.15, -0.1) is 0 Å². The van der Waals surface area contributed by atoms with Gasteiger partial charge in [-0.2, -0.15) is 0 Å². The highest BCUT2D eigenvalue weighted by atomic mass is 19.1. The van der Waals surface area contributed by atoms with Crippen LogP contribution in [0.15, 0.2) is 78.9 Å². The minimum atomic E-state index is -1.08. The molecule has 37 heavy (non-hydrogen) atoms. The molecule has 1 N–H and O–H groups in total. The maximum absolute atomic E-state index is 14.6. The maximum Gasteiger partial charge on any atom is 0.269 e. The summed E-state index contributed by atoms with van der Waals surface area (Å²) < 4.78 is 14.6. The van der Waals surface area contributed by atoms with Crippen molar-refractivity contribution in [2.45, 2.75) is 12.1 Å². The molecule has 0 spiro atoms. The number of hydrogen-bond donors (Lipinski definition) is 1. The number of nitro groups is 1. The minimum absolute atomic E-state index is 0.133. The number of anilines is 3. The van der Waals surface area contributed by atoms with Crippen molar-refractivity contribution in [2.24, 2.45) is 11.8 Å². The number of imide groups is 1. The van der Waals surface area contributed by atoms with Crippen molar-refractivity contribution in [3.05, 3.63) is 100 Å². The largest absolute Gasteiger partial charge is 0.351 e. The Labute approximate surface area is 209 Å². The molecule has 0 bridgehead atoms. The number of nitrogens with one attached hydrogen (secondary N) is 1. The van der Waals surface area contributed by atoms with Crippen molar-refractivity contribution in [1.82, 2.24) is 0 Å². The fraction of sp³-hybridized carbons (Fsp3) is 0.148. The molecule has 0 aromatic heterocycles. The van der Waals surface area contributed by atoms with E-state index in [0.717, 1.165) is 10.5 Å². The Bertz CT molecular complexity index is 1500. The monoisotopic (exact) mass is 498 g/mol. The topological polar surface area (TPSA) is 113 Å². The number of nitrogens with zero attached hydrogens (tertiary/aromatic N) is 3. The SMILES string of the molecule is O=C(Nc1ccc([N+](=O)[O-])cc1)[C@@H]1[C@H]2C(=O)N(c3ccccc3F)C(=O)[C@@H]2[C@H]2C=Cc3ccccc3N21. The van der Waals surface area contributed by atoms with Crippen molar-refractivity contribution in [1.29, 1.82) is 0 Å². The number of carbonyl (C=O) groups is 3. The highest BCUT2D eigenvalue weighted by Crippen LogP contribution is 2.49. The number of carbonyl (C=O) groups excluding carboxylic acids is 3. The van der Waals surface area contributed by atoms with Gasteiger partial charge >= 0.3 is 0 Å². The van der Waals surface area contributed by atoms with Crippen molar-refractivity contribution < 1.29 is 23.7 Å². The molecular weight excluding hydrogens is 479 g/mol. The number of para-hydroxylation sites is 2. The number of amides is 3. The van der Waals surface area contributed by atoms with E-state index in [4.69, 9.17) is 0 Å². The van der Waals surface area contributed by atoms with Crippen LogP contribution in [-0.2, 0) is 14.4 Å². The van der Waals surface area contributed by atoms with Crippen molar-refractivity contribution in [2.75, 3.05) is 15.1 Å².